The molecule has 0 radical (unpaired) electrons. The molecule has 27 heavy (non-hydrogen) atoms. The number of rotatable bonds is 0. The van der Waals surface area contributed by atoms with Crippen LogP contribution in [0, 0.1) is 0 Å². The van der Waals surface area contributed by atoms with Gasteiger partial charge in [-0.05, 0) is 30.3 Å². The molecular formula is C20H16O5S2. The molecule has 2 N–H and O–H groups in total. The molecule has 138 valence electrons. The summed E-state index contributed by atoms with van der Waals surface area (Å²) in [5, 5.41) is 19.7. The summed E-state index contributed by atoms with van der Waals surface area (Å²) in [6, 6.07) is 16.6. The smallest absolute Gasteiger partial charge is 0.340 e. The lowest BCUT2D eigenvalue weighted by atomic mass is 9.77. The summed E-state index contributed by atoms with van der Waals surface area (Å²) >= 11 is 0. The molecule has 3 aromatic rings. The van der Waals surface area contributed by atoms with Crippen molar-refractivity contribution in [2.75, 3.05) is 0 Å². The van der Waals surface area contributed by atoms with Crippen molar-refractivity contribution >= 4 is 33.0 Å². The lowest BCUT2D eigenvalue weighted by Gasteiger charge is -2.36. The quantitative estimate of drug-likeness (QED) is 0.560. The second kappa shape index (κ2) is 6.44. The van der Waals surface area contributed by atoms with Crippen molar-refractivity contribution in [3.63, 3.8) is 0 Å². The Balaban J connectivity index is 0.00000105. The zero-order valence-corrected chi connectivity index (χ0v) is 15.9. The van der Waals surface area contributed by atoms with Crippen LogP contribution in [0.4, 0.5) is 0 Å². The van der Waals surface area contributed by atoms with E-state index in [4.69, 9.17) is 9.47 Å². The van der Waals surface area contributed by atoms with E-state index in [1.165, 1.54) is 24.3 Å². The average Bonchev–Trinajstić information content (AvgIpc) is 2.88. The number of esters is 1. The van der Waals surface area contributed by atoms with Crippen LogP contribution in [0.2, 0.25) is 0 Å². The van der Waals surface area contributed by atoms with Gasteiger partial charge in [-0.1, -0.05) is 18.2 Å². The average molecular weight is 400 g/mol. The number of carbonyl (C=O) groups excluding carboxylic acids is 1. The third kappa shape index (κ3) is 2.46. The normalized spacial score (nSPS) is 14.6. The molecule has 5 nitrogen and oxygen atoms in total. The third-order valence-corrected chi connectivity index (χ3v) is 4.68. The molecule has 7 heteroatoms. The van der Waals surface area contributed by atoms with Gasteiger partial charge in [-0.3, -0.25) is 0 Å². The summed E-state index contributed by atoms with van der Waals surface area (Å²) in [6.07, 6.45) is 0. The Hall–Kier alpha value is -2.77. The molecule has 2 aliphatic heterocycles. The largest absolute Gasteiger partial charge is 0.508 e. The predicted molar refractivity (Wildman–Crippen MR) is 109 cm³/mol. The first-order valence-electron chi connectivity index (χ1n) is 7.77. The zero-order valence-electron chi connectivity index (χ0n) is 13.9. The zero-order chi connectivity index (χ0) is 17.2. The molecule has 1 spiro atoms. The Bertz CT molecular complexity index is 1010. The van der Waals surface area contributed by atoms with Gasteiger partial charge in [0.15, 0.2) is 5.60 Å². The number of hydrogen-bond donors (Lipinski definition) is 2. The monoisotopic (exact) mass is 400 g/mol. The minimum atomic E-state index is -1.17. The topological polar surface area (TPSA) is 76.0 Å². The lowest BCUT2D eigenvalue weighted by Crippen LogP contribution is -2.32. The molecule has 0 atom stereocenters. The van der Waals surface area contributed by atoms with Crippen molar-refractivity contribution < 1.29 is 24.5 Å². The van der Waals surface area contributed by atoms with Crippen molar-refractivity contribution in [2.24, 2.45) is 0 Å². The highest BCUT2D eigenvalue weighted by Crippen LogP contribution is 2.56. The molecule has 0 saturated carbocycles. The Kier molecular flexibility index (Phi) is 4.53. The van der Waals surface area contributed by atoms with Crippen LogP contribution in [0.1, 0.15) is 27.0 Å². The van der Waals surface area contributed by atoms with Gasteiger partial charge in [0, 0.05) is 28.8 Å². The van der Waals surface area contributed by atoms with Crippen LogP contribution in [-0.4, -0.2) is 16.2 Å². The number of phenols is 2. The fraction of sp³-hybridized carbons (Fsp3) is 0.0500. The van der Waals surface area contributed by atoms with Crippen LogP contribution >= 0.6 is 27.0 Å². The van der Waals surface area contributed by atoms with E-state index in [1.807, 2.05) is 12.1 Å². The third-order valence-electron chi connectivity index (χ3n) is 4.68. The van der Waals surface area contributed by atoms with Crippen LogP contribution in [0.3, 0.4) is 0 Å². The van der Waals surface area contributed by atoms with Crippen LogP contribution in [0.5, 0.6) is 23.0 Å². The van der Waals surface area contributed by atoms with Crippen molar-refractivity contribution in [3.8, 4) is 23.0 Å². The summed E-state index contributed by atoms with van der Waals surface area (Å²) in [4.78, 5) is 12.5. The summed E-state index contributed by atoms with van der Waals surface area (Å²) in [5.74, 6) is 0.408. The minimum Gasteiger partial charge on any atom is -0.508 e. The van der Waals surface area contributed by atoms with E-state index in [1.54, 1.807) is 24.3 Å². The molecule has 0 unspecified atom stereocenters. The van der Waals surface area contributed by atoms with Crippen LogP contribution in [0.25, 0.3) is 0 Å². The van der Waals surface area contributed by atoms with E-state index in [0.717, 1.165) is 0 Å². The van der Waals surface area contributed by atoms with E-state index in [-0.39, 0.29) is 38.5 Å². The highest BCUT2D eigenvalue weighted by molar-refractivity contribution is 7.59. The Labute approximate surface area is 169 Å². The number of hydrogen-bond acceptors (Lipinski definition) is 5. The predicted octanol–water partition coefficient (Wildman–Crippen LogP) is 3.89. The van der Waals surface area contributed by atoms with E-state index < -0.39 is 11.6 Å². The number of fused-ring (bicyclic) bond motifs is 6. The van der Waals surface area contributed by atoms with Crippen molar-refractivity contribution in [3.05, 3.63) is 82.9 Å². The van der Waals surface area contributed by atoms with Gasteiger partial charge in [-0.25, -0.2) is 4.79 Å². The van der Waals surface area contributed by atoms with Crippen LogP contribution in [0.15, 0.2) is 60.7 Å². The molecule has 2 heterocycles. The minimum absolute atomic E-state index is 0. The van der Waals surface area contributed by atoms with Crippen LogP contribution in [-0.2, 0) is 10.3 Å². The maximum Gasteiger partial charge on any atom is 0.340 e. The van der Waals surface area contributed by atoms with Gasteiger partial charge in [0.1, 0.15) is 23.0 Å². The van der Waals surface area contributed by atoms with Crippen molar-refractivity contribution in [1.82, 2.24) is 0 Å². The van der Waals surface area contributed by atoms with Gasteiger partial charge in [0.05, 0.1) is 5.56 Å². The van der Waals surface area contributed by atoms with Gasteiger partial charge in [0.25, 0.3) is 0 Å². The number of carbonyl (C=O) groups is 1. The first kappa shape index (κ1) is 19.0. The van der Waals surface area contributed by atoms with Crippen molar-refractivity contribution in [1.29, 1.82) is 0 Å². The van der Waals surface area contributed by atoms with Crippen LogP contribution < -0.4 is 4.74 Å². The van der Waals surface area contributed by atoms with Gasteiger partial charge in [-0.2, -0.15) is 27.0 Å². The van der Waals surface area contributed by atoms with E-state index >= 15 is 0 Å². The molecule has 0 aromatic heterocycles. The van der Waals surface area contributed by atoms with E-state index in [9.17, 15) is 15.0 Å². The fourth-order valence-electron chi connectivity index (χ4n) is 3.65. The Morgan fingerprint density at radius 1 is 0.741 bits per heavy atom. The second-order valence-electron chi connectivity index (χ2n) is 6.08. The molecule has 0 saturated heterocycles. The summed E-state index contributed by atoms with van der Waals surface area (Å²) in [6.45, 7) is 0. The molecule has 0 bridgehead atoms. The highest BCUT2D eigenvalue weighted by atomic mass is 32.1. The molecular weight excluding hydrogens is 384 g/mol. The van der Waals surface area contributed by atoms with E-state index in [0.29, 0.717) is 33.8 Å². The number of aromatic hydroxyl groups is 2. The Morgan fingerprint density at radius 2 is 1.30 bits per heavy atom. The standard InChI is InChI=1S/C20H12O5.2H2S/c21-11-5-7-15-17(9-11)24-18-10-12(22)6-8-16(18)20(15)14-4-2-1-3-13(14)19(23)25-20;;/h1-10,21-22H;2*1H2. The number of phenolic OH excluding ortho intramolecular Hbond substituents is 2. The molecule has 3 aromatic carbocycles. The molecule has 0 fully saturated rings. The second-order valence-corrected chi connectivity index (χ2v) is 6.08. The number of ether oxygens (including phenoxy) is 2. The van der Waals surface area contributed by atoms with E-state index in [2.05, 4.69) is 0 Å². The fourth-order valence-corrected chi connectivity index (χ4v) is 3.65. The first-order chi connectivity index (χ1) is 12.1. The summed E-state index contributed by atoms with van der Waals surface area (Å²) in [7, 11) is 0. The molecule has 0 aliphatic carbocycles. The van der Waals surface area contributed by atoms with Gasteiger partial charge in [-0.15, -0.1) is 0 Å². The van der Waals surface area contributed by atoms with Gasteiger partial charge < -0.3 is 19.7 Å². The lowest BCUT2D eigenvalue weighted by molar-refractivity contribution is 0.0224. The maximum atomic E-state index is 12.5. The Morgan fingerprint density at radius 3 is 1.89 bits per heavy atom. The van der Waals surface area contributed by atoms with Crippen molar-refractivity contribution in [2.45, 2.75) is 5.60 Å². The SMILES string of the molecule is O=C1OC2(c3ccc(O)cc3Oc3cc(O)ccc32)c2ccccc21.S.S. The number of benzene rings is 3. The maximum absolute atomic E-state index is 12.5. The highest BCUT2D eigenvalue weighted by Gasteiger charge is 2.53. The molecule has 0 amide bonds. The molecule has 2 aliphatic rings. The van der Waals surface area contributed by atoms with Gasteiger partial charge in [0.2, 0.25) is 0 Å². The first-order valence-corrected chi connectivity index (χ1v) is 7.77. The molecule has 5 rings (SSSR count). The summed E-state index contributed by atoms with van der Waals surface area (Å²) < 4.78 is 11.8. The van der Waals surface area contributed by atoms with Gasteiger partial charge >= 0.3 is 5.97 Å². The summed E-state index contributed by atoms with van der Waals surface area (Å²) in [5.41, 5.74) is 1.28.